The summed E-state index contributed by atoms with van der Waals surface area (Å²) in [5.74, 6) is -0.484. The van der Waals surface area contributed by atoms with Crippen LogP contribution in [-0.2, 0) is 14.9 Å². The van der Waals surface area contributed by atoms with Gasteiger partial charge in [-0.1, -0.05) is 56.3 Å². The molecular weight excluding hydrogens is 326 g/mol. The molecular formula is C22H19NO3. The Kier molecular flexibility index (Phi) is 3.58. The van der Waals surface area contributed by atoms with Gasteiger partial charge in [0.25, 0.3) is 5.91 Å². The standard InChI is InChI=1S/C22H19NO3/c1-22(2)13-16(21(25)26-3)18-15-11-7-8-12-17(15)23(19(18)22)20(24)14-9-5-4-6-10-14/h4-13H,1-3H3. The van der Waals surface area contributed by atoms with E-state index in [0.717, 1.165) is 22.2 Å². The first-order valence-electron chi connectivity index (χ1n) is 8.51. The predicted molar refractivity (Wildman–Crippen MR) is 101 cm³/mol. The summed E-state index contributed by atoms with van der Waals surface area (Å²) in [7, 11) is 1.38. The number of carbonyl (C=O) groups excluding carboxylic acids is 2. The van der Waals surface area contributed by atoms with Crippen LogP contribution in [0.25, 0.3) is 16.5 Å². The number of hydrogen-bond donors (Lipinski definition) is 0. The van der Waals surface area contributed by atoms with Crippen LogP contribution < -0.4 is 0 Å². The van der Waals surface area contributed by atoms with E-state index in [1.165, 1.54) is 7.11 Å². The lowest BCUT2D eigenvalue weighted by molar-refractivity contribution is -0.133. The third kappa shape index (κ3) is 2.22. The number of benzene rings is 2. The van der Waals surface area contributed by atoms with Crippen molar-refractivity contribution in [3.8, 4) is 0 Å². The highest BCUT2D eigenvalue weighted by atomic mass is 16.5. The Morgan fingerprint density at radius 2 is 1.62 bits per heavy atom. The average molecular weight is 345 g/mol. The first-order chi connectivity index (χ1) is 12.5. The number of nitrogens with zero attached hydrogens (tertiary/aromatic N) is 1. The van der Waals surface area contributed by atoms with Gasteiger partial charge in [-0.2, -0.15) is 0 Å². The maximum Gasteiger partial charge on any atom is 0.338 e. The zero-order valence-corrected chi connectivity index (χ0v) is 14.9. The van der Waals surface area contributed by atoms with E-state index in [4.69, 9.17) is 4.74 Å². The lowest BCUT2D eigenvalue weighted by atomic mass is 9.92. The molecule has 2 aromatic carbocycles. The van der Waals surface area contributed by atoms with E-state index in [2.05, 4.69) is 0 Å². The van der Waals surface area contributed by atoms with Crippen LogP contribution in [0.3, 0.4) is 0 Å². The number of ether oxygens (including phenoxy) is 1. The van der Waals surface area contributed by atoms with E-state index in [0.29, 0.717) is 11.1 Å². The molecule has 1 aliphatic rings. The molecule has 1 aromatic heterocycles. The number of aromatic nitrogens is 1. The maximum absolute atomic E-state index is 13.3. The number of para-hydroxylation sites is 1. The van der Waals surface area contributed by atoms with Gasteiger partial charge in [-0.15, -0.1) is 0 Å². The summed E-state index contributed by atoms with van der Waals surface area (Å²) in [5, 5.41) is 0.883. The van der Waals surface area contributed by atoms with Crippen LogP contribution in [0.15, 0.2) is 60.7 Å². The zero-order chi connectivity index (χ0) is 18.5. The van der Waals surface area contributed by atoms with Gasteiger partial charge in [0, 0.05) is 27.6 Å². The van der Waals surface area contributed by atoms with Gasteiger partial charge in [-0.05, 0) is 18.2 Å². The minimum absolute atomic E-state index is 0.101. The SMILES string of the molecule is COC(=O)C1=CC(C)(C)c2c1c1ccccc1n2C(=O)c1ccccc1. The number of esters is 1. The average Bonchev–Trinajstić information content (AvgIpc) is 3.14. The first-order valence-corrected chi connectivity index (χ1v) is 8.51. The molecule has 4 rings (SSSR count). The number of hydrogen-bond acceptors (Lipinski definition) is 3. The second-order valence-corrected chi connectivity index (χ2v) is 7.02. The molecule has 3 aromatic rings. The van der Waals surface area contributed by atoms with E-state index < -0.39 is 5.41 Å². The van der Waals surface area contributed by atoms with Crippen LogP contribution in [0.2, 0.25) is 0 Å². The predicted octanol–water partition coefficient (Wildman–Crippen LogP) is 4.18. The topological polar surface area (TPSA) is 48.3 Å². The highest BCUT2D eigenvalue weighted by molar-refractivity contribution is 6.24. The van der Waals surface area contributed by atoms with Crippen LogP contribution in [0.4, 0.5) is 0 Å². The van der Waals surface area contributed by atoms with Gasteiger partial charge in [0.2, 0.25) is 0 Å². The van der Waals surface area contributed by atoms with E-state index in [1.807, 2.05) is 62.4 Å². The fourth-order valence-corrected chi connectivity index (χ4v) is 3.82. The summed E-state index contributed by atoms with van der Waals surface area (Å²) in [6, 6.07) is 16.9. The van der Waals surface area contributed by atoms with Crippen molar-refractivity contribution < 1.29 is 14.3 Å². The molecule has 0 spiro atoms. The van der Waals surface area contributed by atoms with Crippen molar-refractivity contribution in [2.45, 2.75) is 19.3 Å². The number of allylic oxidation sites excluding steroid dienone is 1. The van der Waals surface area contributed by atoms with Gasteiger partial charge in [0.1, 0.15) is 0 Å². The maximum atomic E-state index is 13.3. The number of rotatable bonds is 2. The Balaban J connectivity index is 2.06. The summed E-state index contributed by atoms with van der Waals surface area (Å²) < 4.78 is 6.73. The zero-order valence-electron chi connectivity index (χ0n) is 14.9. The van der Waals surface area contributed by atoms with Crippen molar-refractivity contribution in [2.24, 2.45) is 0 Å². The molecule has 130 valence electrons. The van der Waals surface area contributed by atoms with E-state index in [1.54, 1.807) is 16.7 Å². The molecule has 0 aliphatic heterocycles. The Hall–Kier alpha value is -3.14. The largest absolute Gasteiger partial charge is 0.465 e. The summed E-state index contributed by atoms with van der Waals surface area (Å²) in [6.07, 6.45) is 1.89. The Morgan fingerprint density at radius 1 is 0.962 bits per heavy atom. The third-order valence-electron chi connectivity index (χ3n) is 4.89. The van der Waals surface area contributed by atoms with Crippen LogP contribution in [0.5, 0.6) is 0 Å². The molecule has 0 atom stereocenters. The molecule has 1 aliphatic carbocycles. The summed E-state index contributed by atoms with van der Waals surface area (Å²) in [4.78, 5) is 25.7. The molecule has 0 saturated carbocycles. The van der Waals surface area contributed by atoms with Gasteiger partial charge >= 0.3 is 5.97 Å². The molecule has 0 unspecified atom stereocenters. The Morgan fingerprint density at radius 3 is 2.31 bits per heavy atom. The van der Waals surface area contributed by atoms with Crippen LogP contribution in [-0.4, -0.2) is 23.6 Å². The van der Waals surface area contributed by atoms with Crippen molar-refractivity contribution in [2.75, 3.05) is 7.11 Å². The van der Waals surface area contributed by atoms with Gasteiger partial charge < -0.3 is 4.74 Å². The fourth-order valence-electron chi connectivity index (χ4n) is 3.82. The summed E-state index contributed by atoms with van der Waals surface area (Å²) in [5.41, 5.74) is 3.08. The second-order valence-electron chi connectivity index (χ2n) is 7.02. The summed E-state index contributed by atoms with van der Waals surface area (Å²) >= 11 is 0. The van der Waals surface area contributed by atoms with Crippen molar-refractivity contribution in [3.63, 3.8) is 0 Å². The number of fused-ring (bicyclic) bond motifs is 3. The third-order valence-corrected chi connectivity index (χ3v) is 4.89. The van der Waals surface area contributed by atoms with E-state index in [-0.39, 0.29) is 11.9 Å². The van der Waals surface area contributed by atoms with E-state index in [9.17, 15) is 9.59 Å². The molecule has 0 N–H and O–H groups in total. The summed E-state index contributed by atoms with van der Waals surface area (Å²) in [6.45, 7) is 4.02. The minimum Gasteiger partial charge on any atom is -0.465 e. The van der Waals surface area contributed by atoms with Crippen molar-refractivity contribution in [1.82, 2.24) is 4.57 Å². The smallest absolute Gasteiger partial charge is 0.338 e. The molecule has 4 heteroatoms. The number of carbonyl (C=O) groups is 2. The van der Waals surface area contributed by atoms with Crippen LogP contribution in [0, 0.1) is 0 Å². The molecule has 0 fully saturated rings. The van der Waals surface area contributed by atoms with Crippen LogP contribution in [0.1, 0.15) is 35.5 Å². The monoisotopic (exact) mass is 345 g/mol. The van der Waals surface area contributed by atoms with Crippen LogP contribution >= 0.6 is 0 Å². The molecule has 1 heterocycles. The van der Waals surface area contributed by atoms with Gasteiger partial charge in [0.05, 0.1) is 18.2 Å². The molecule has 4 nitrogen and oxygen atoms in total. The normalized spacial score (nSPS) is 14.8. The number of methoxy groups -OCH3 is 1. The molecule has 26 heavy (non-hydrogen) atoms. The Bertz CT molecular complexity index is 1070. The minimum atomic E-state index is -0.470. The van der Waals surface area contributed by atoms with Gasteiger partial charge in [0.15, 0.2) is 0 Å². The van der Waals surface area contributed by atoms with Crippen molar-refractivity contribution in [1.29, 1.82) is 0 Å². The van der Waals surface area contributed by atoms with Gasteiger partial charge in [-0.25, -0.2) is 4.79 Å². The first kappa shape index (κ1) is 16.3. The van der Waals surface area contributed by atoms with Crippen molar-refractivity contribution in [3.05, 3.63) is 77.5 Å². The highest BCUT2D eigenvalue weighted by Crippen LogP contribution is 2.46. The van der Waals surface area contributed by atoms with Crippen molar-refractivity contribution >= 4 is 28.4 Å². The molecule has 0 radical (unpaired) electrons. The highest BCUT2D eigenvalue weighted by Gasteiger charge is 2.40. The molecule has 0 bridgehead atoms. The van der Waals surface area contributed by atoms with Gasteiger partial charge in [-0.3, -0.25) is 9.36 Å². The Labute approximate surface area is 151 Å². The molecule has 0 saturated heterocycles. The van der Waals surface area contributed by atoms with E-state index >= 15 is 0 Å². The second kappa shape index (κ2) is 5.70. The quantitative estimate of drug-likeness (QED) is 0.655. The lowest BCUT2D eigenvalue weighted by Crippen LogP contribution is -2.22. The molecule has 0 amide bonds. The fraction of sp³-hybridized carbons (Fsp3) is 0.182. The lowest BCUT2D eigenvalue weighted by Gasteiger charge is -2.20.